The summed E-state index contributed by atoms with van der Waals surface area (Å²) in [6.07, 6.45) is 4.25. The van der Waals surface area contributed by atoms with Gasteiger partial charge in [-0.05, 0) is 69.9 Å². The van der Waals surface area contributed by atoms with Gasteiger partial charge in [0, 0.05) is 26.2 Å². The van der Waals surface area contributed by atoms with Gasteiger partial charge in [0.2, 0.25) is 0 Å². The monoisotopic (exact) mass is 614 g/mol. The Labute approximate surface area is 273 Å². The molecule has 0 aliphatic rings. The Morgan fingerprint density at radius 3 is 1.48 bits per heavy atom. The molecule has 0 atom stereocenters. The fraction of sp³-hybridized carbons (Fsp3) is 0.263. The Kier molecular flexibility index (Phi) is 12.6. The molecule has 0 aromatic heterocycles. The van der Waals surface area contributed by atoms with Crippen LogP contribution < -0.4 is 10.9 Å². The molecule has 4 N–H and O–H groups in total. The Hall–Kier alpha value is -3.75. The average molecular weight is 614 g/mol. The maximum absolute atomic E-state index is 10.0. The molecule has 0 radical (unpaired) electrons. The Balaban J connectivity index is 1.21. The van der Waals surface area contributed by atoms with Gasteiger partial charge in [-0.2, -0.15) is 0 Å². The van der Waals surface area contributed by atoms with E-state index in [2.05, 4.69) is 76.5 Å². The van der Waals surface area contributed by atoms with Gasteiger partial charge in [-0.3, -0.25) is 9.80 Å². The minimum absolute atomic E-state index is 0.555. The van der Waals surface area contributed by atoms with Gasteiger partial charge in [0.15, 0.2) is 0 Å². The van der Waals surface area contributed by atoms with E-state index in [-0.39, 0.29) is 0 Å². The molecule has 6 nitrogen and oxygen atoms in total. The van der Waals surface area contributed by atoms with Crippen molar-refractivity contribution in [2.75, 3.05) is 13.1 Å². The van der Waals surface area contributed by atoms with Crippen LogP contribution in [0.15, 0.2) is 121 Å². The number of fused-ring (bicyclic) bond motifs is 1. The van der Waals surface area contributed by atoms with Crippen LogP contribution in [0.3, 0.4) is 0 Å². The van der Waals surface area contributed by atoms with Gasteiger partial charge >= 0.3 is 14.2 Å². The minimum Gasteiger partial charge on any atom is -0.423 e. The molecular formula is C38H44B2N2O4. The van der Waals surface area contributed by atoms with E-state index in [1.54, 1.807) is 12.1 Å². The lowest BCUT2D eigenvalue weighted by atomic mass is 9.77. The van der Waals surface area contributed by atoms with Gasteiger partial charge < -0.3 is 20.1 Å². The van der Waals surface area contributed by atoms with Crippen molar-refractivity contribution < 1.29 is 20.1 Å². The molecule has 0 saturated heterocycles. The minimum atomic E-state index is -1.50. The van der Waals surface area contributed by atoms with Crippen LogP contribution in [0, 0.1) is 0 Å². The highest BCUT2D eigenvalue weighted by Crippen LogP contribution is 2.21. The van der Waals surface area contributed by atoms with E-state index in [0.717, 1.165) is 63.0 Å². The Bertz CT molecular complexity index is 1650. The number of nitrogens with zero attached hydrogens (tertiary/aromatic N) is 2. The summed E-state index contributed by atoms with van der Waals surface area (Å²) in [6.45, 7) is 4.67. The van der Waals surface area contributed by atoms with Crippen molar-refractivity contribution in [2.45, 2.75) is 51.9 Å². The van der Waals surface area contributed by atoms with Gasteiger partial charge in [0.1, 0.15) is 0 Å². The maximum Gasteiger partial charge on any atom is 0.488 e. The van der Waals surface area contributed by atoms with Crippen LogP contribution in [0.2, 0.25) is 0 Å². The smallest absolute Gasteiger partial charge is 0.423 e. The summed E-state index contributed by atoms with van der Waals surface area (Å²) in [7, 11) is -2.98. The van der Waals surface area contributed by atoms with E-state index >= 15 is 0 Å². The van der Waals surface area contributed by atoms with Crippen molar-refractivity contribution in [2.24, 2.45) is 0 Å². The van der Waals surface area contributed by atoms with Crippen molar-refractivity contribution in [1.82, 2.24) is 9.80 Å². The van der Waals surface area contributed by atoms with Gasteiger partial charge in [-0.25, -0.2) is 0 Å². The molecule has 0 aliphatic carbocycles. The number of unbranched alkanes of at least 4 members (excludes halogenated alkanes) is 3. The summed E-state index contributed by atoms with van der Waals surface area (Å²) < 4.78 is 0. The Morgan fingerprint density at radius 2 is 0.870 bits per heavy atom. The lowest BCUT2D eigenvalue weighted by molar-refractivity contribution is 0.240. The van der Waals surface area contributed by atoms with E-state index in [9.17, 15) is 20.1 Å². The van der Waals surface area contributed by atoms with Crippen LogP contribution in [0.4, 0.5) is 0 Å². The Morgan fingerprint density at radius 1 is 0.413 bits per heavy atom. The topological polar surface area (TPSA) is 87.4 Å². The number of hydrogen-bond donors (Lipinski definition) is 4. The molecule has 0 fully saturated rings. The first-order valence-corrected chi connectivity index (χ1v) is 16.3. The first kappa shape index (κ1) is 33.6. The van der Waals surface area contributed by atoms with Gasteiger partial charge in [-0.15, -0.1) is 0 Å². The van der Waals surface area contributed by atoms with E-state index in [4.69, 9.17) is 0 Å². The molecule has 5 rings (SSSR count). The fourth-order valence-electron chi connectivity index (χ4n) is 6.31. The van der Waals surface area contributed by atoms with Crippen molar-refractivity contribution in [3.63, 3.8) is 0 Å². The van der Waals surface area contributed by atoms with Crippen molar-refractivity contribution >= 4 is 35.9 Å². The van der Waals surface area contributed by atoms with Crippen LogP contribution in [0.25, 0.3) is 10.8 Å². The number of hydrogen-bond acceptors (Lipinski definition) is 6. The highest BCUT2D eigenvalue weighted by molar-refractivity contribution is 6.59. The molecule has 0 saturated carbocycles. The van der Waals surface area contributed by atoms with Gasteiger partial charge in [-0.1, -0.05) is 134 Å². The molecule has 0 aliphatic heterocycles. The first-order valence-electron chi connectivity index (χ1n) is 16.3. The van der Waals surface area contributed by atoms with E-state index in [0.29, 0.717) is 24.0 Å². The fourth-order valence-corrected chi connectivity index (χ4v) is 6.31. The molecule has 0 amide bonds. The van der Waals surface area contributed by atoms with Crippen LogP contribution in [0.5, 0.6) is 0 Å². The molecule has 0 heterocycles. The zero-order chi connectivity index (χ0) is 32.1. The molecule has 46 heavy (non-hydrogen) atoms. The average Bonchev–Trinajstić information content (AvgIpc) is 3.07. The molecule has 8 heteroatoms. The largest absolute Gasteiger partial charge is 0.488 e. The lowest BCUT2D eigenvalue weighted by Crippen LogP contribution is -2.36. The second kappa shape index (κ2) is 17.2. The SMILES string of the molecule is OB(O)c1ccccc1CN(CCCCCCN(Cc1ccccc1B(O)O)Cc1cccc2ccccc12)Cc1ccccc1. The highest BCUT2D eigenvalue weighted by Gasteiger charge is 2.19. The summed E-state index contributed by atoms with van der Waals surface area (Å²) in [4.78, 5) is 4.81. The summed E-state index contributed by atoms with van der Waals surface area (Å²) in [5.41, 5.74) is 5.49. The van der Waals surface area contributed by atoms with Crippen molar-refractivity contribution in [3.8, 4) is 0 Å². The second-order valence-corrected chi connectivity index (χ2v) is 12.1. The summed E-state index contributed by atoms with van der Waals surface area (Å²) in [5, 5.41) is 42.3. The van der Waals surface area contributed by atoms with Crippen LogP contribution in [-0.2, 0) is 26.2 Å². The molecule has 5 aromatic carbocycles. The van der Waals surface area contributed by atoms with Gasteiger partial charge in [0.05, 0.1) is 0 Å². The highest BCUT2D eigenvalue weighted by atomic mass is 16.4. The predicted octanol–water partition coefficient (Wildman–Crippen LogP) is 4.46. The third-order valence-corrected chi connectivity index (χ3v) is 8.68. The van der Waals surface area contributed by atoms with Crippen LogP contribution in [0.1, 0.15) is 47.9 Å². The molecule has 236 valence electrons. The molecular weight excluding hydrogens is 570 g/mol. The standard InChI is InChI=1S/C38H44B2N2O4/c43-39(44)37-23-10-7-18-34(37)29-41(27-31-15-4-3-5-16-31)25-12-1-2-13-26-42(30-35-19-8-11-24-38(35)40(45)46)28-33-21-14-20-32-17-6-9-22-36(32)33/h3-11,14-24,43-46H,1-2,12-13,25-30H2. The lowest BCUT2D eigenvalue weighted by Gasteiger charge is -2.25. The second-order valence-electron chi connectivity index (χ2n) is 12.1. The third-order valence-electron chi connectivity index (χ3n) is 8.68. The number of benzene rings is 5. The van der Waals surface area contributed by atoms with Crippen molar-refractivity contribution in [3.05, 3.63) is 144 Å². The van der Waals surface area contributed by atoms with Crippen molar-refractivity contribution in [1.29, 1.82) is 0 Å². The molecule has 0 bridgehead atoms. The third kappa shape index (κ3) is 9.63. The summed E-state index contributed by atoms with van der Waals surface area (Å²) >= 11 is 0. The maximum atomic E-state index is 10.0. The quantitative estimate of drug-likeness (QED) is 0.0915. The van der Waals surface area contributed by atoms with E-state index in [1.165, 1.54) is 21.9 Å². The van der Waals surface area contributed by atoms with Gasteiger partial charge in [0.25, 0.3) is 0 Å². The first-order chi connectivity index (χ1) is 22.5. The zero-order valence-electron chi connectivity index (χ0n) is 26.5. The molecule has 0 spiro atoms. The zero-order valence-corrected chi connectivity index (χ0v) is 26.5. The molecule has 5 aromatic rings. The van der Waals surface area contributed by atoms with E-state index in [1.807, 2.05) is 42.5 Å². The summed E-state index contributed by atoms with van der Waals surface area (Å²) in [6, 6.07) is 40.5. The summed E-state index contributed by atoms with van der Waals surface area (Å²) in [5.74, 6) is 0. The van der Waals surface area contributed by atoms with E-state index < -0.39 is 14.2 Å². The predicted molar refractivity (Wildman–Crippen MR) is 190 cm³/mol. The van der Waals surface area contributed by atoms with Crippen LogP contribution >= 0.6 is 0 Å². The normalized spacial score (nSPS) is 11.4. The van der Waals surface area contributed by atoms with Crippen LogP contribution in [-0.4, -0.2) is 57.2 Å². The number of rotatable bonds is 17. The molecule has 0 unspecified atom stereocenters.